The molecule has 0 aliphatic heterocycles. The lowest BCUT2D eigenvalue weighted by Gasteiger charge is -2.10. The van der Waals surface area contributed by atoms with E-state index >= 15 is 0 Å². The van der Waals surface area contributed by atoms with Crippen LogP contribution in [0.3, 0.4) is 0 Å². The molecule has 4 rings (SSSR count). The first kappa shape index (κ1) is 22.3. The maximum atomic E-state index is 11.6. The van der Waals surface area contributed by atoms with E-state index in [9.17, 15) is 8.42 Å². The number of imidazole rings is 1. The van der Waals surface area contributed by atoms with Crippen molar-refractivity contribution in [2.45, 2.75) is 0 Å². The van der Waals surface area contributed by atoms with Crippen molar-refractivity contribution in [2.24, 2.45) is 0 Å². The molecule has 0 saturated carbocycles. The molecule has 12 heteroatoms. The van der Waals surface area contributed by atoms with Crippen molar-refractivity contribution in [3.05, 3.63) is 54.9 Å². The number of aromatic nitrogens is 4. The van der Waals surface area contributed by atoms with E-state index in [2.05, 4.69) is 25.0 Å². The third-order valence-corrected chi connectivity index (χ3v) is 5.10. The normalized spacial score (nSPS) is 11.5. The molecule has 0 spiro atoms. The van der Waals surface area contributed by atoms with E-state index in [4.69, 9.17) is 15.2 Å². The summed E-state index contributed by atoms with van der Waals surface area (Å²) in [5.41, 5.74) is 8.82. The number of hydrogen-bond donors (Lipinski definition) is 3. The first-order valence-electron chi connectivity index (χ1n) is 9.90. The zero-order valence-electron chi connectivity index (χ0n) is 18.0. The summed E-state index contributed by atoms with van der Waals surface area (Å²) in [7, 11) is -1.80. The molecule has 2 aromatic carbocycles. The van der Waals surface area contributed by atoms with Crippen LogP contribution in [0.4, 0.5) is 23.1 Å². The van der Waals surface area contributed by atoms with Gasteiger partial charge in [-0.05, 0) is 30.3 Å². The molecule has 0 saturated heterocycles. The quantitative estimate of drug-likeness (QED) is 0.315. The van der Waals surface area contributed by atoms with Gasteiger partial charge in [0, 0.05) is 18.9 Å². The predicted octanol–water partition coefficient (Wildman–Crippen LogP) is 2.54. The van der Waals surface area contributed by atoms with Crippen LogP contribution < -0.4 is 20.5 Å². The summed E-state index contributed by atoms with van der Waals surface area (Å²) in [4.78, 5) is 13.2. The van der Waals surface area contributed by atoms with E-state index in [1.807, 2.05) is 24.3 Å². The molecule has 11 nitrogen and oxygen atoms in total. The molecule has 0 fully saturated rings. The molecule has 2 aromatic heterocycles. The number of nitrogen functional groups attached to an aromatic ring is 1. The molecular formula is C21H23N7O4S. The Hall–Kier alpha value is -3.90. The van der Waals surface area contributed by atoms with Crippen LogP contribution in [0, 0.1) is 0 Å². The highest BCUT2D eigenvalue weighted by molar-refractivity contribution is 7.92. The summed E-state index contributed by atoms with van der Waals surface area (Å²) in [6, 6.07) is 14.2. The first-order chi connectivity index (χ1) is 15.8. The van der Waals surface area contributed by atoms with Gasteiger partial charge in [0.25, 0.3) is 0 Å². The second-order valence-corrected chi connectivity index (χ2v) is 8.89. The van der Waals surface area contributed by atoms with Crippen molar-refractivity contribution in [3.8, 4) is 11.4 Å². The van der Waals surface area contributed by atoms with Crippen LogP contribution in [0.5, 0.6) is 5.75 Å². The average Bonchev–Trinajstić information content (AvgIpc) is 3.18. The summed E-state index contributed by atoms with van der Waals surface area (Å²) in [5, 5.41) is 3.13. The van der Waals surface area contributed by atoms with Gasteiger partial charge in [0.1, 0.15) is 18.7 Å². The lowest BCUT2D eigenvalue weighted by atomic mass is 10.3. The van der Waals surface area contributed by atoms with Gasteiger partial charge in [0.15, 0.2) is 17.0 Å². The van der Waals surface area contributed by atoms with Gasteiger partial charge in [-0.2, -0.15) is 9.97 Å². The van der Waals surface area contributed by atoms with Crippen LogP contribution in [0.15, 0.2) is 54.9 Å². The van der Waals surface area contributed by atoms with E-state index in [1.54, 1.807) is 42.3 Å². The Morgan fingerprint density at radius 1 is 1.06 bits per heavy atom. The second-order valence-electron chi connectivity index (χ2n) is 7.14. The molecule has 0 aliphatic rings. The Kier molecular flexibility index (Phi) is 6.29. The minimum Gasteiger partial charge on any atom is -0.491 e. The van der Waals surface area contributed by atoms with Crippen molar-refractivity contribution in [2.75, 3.05) is 42.4 Å². The van der Waals surface area contributed by atoms with Crippen molar-refractivity contribution in [1.82, 2.24) is 19.5 Å². The van der Waals surface area contributed by atoms with Gasteiger partial charge in [-0.15, -0.1) is 0 Å². The highest BCUT2D eigenvalue weighted by atomic mass is 32.2. The van der Waals surface area contributed by atoms with Gasteiger partial charge in [-0.3, -0.25) is 9.29 Å². The number of sulfonamides is 1. The van der Waals surface area contributed by atoms with Gasteiger partial charge in [-0.1, -0.05) is 12.1 Å². The number of nitrogens with zero attached hydrogens (tertiary/aromatic N) is 4. The van der Waals surface area contributed by atoms with Crippen LogP contribution >= 0.6 is 0 Å². The van der Waals surface area contributed by atoms with Crippen molar-refractivity contribution >= 4 is 44.3 Å². The average molecular weight is 470 g/mol. The SMILES string of the molecule is COCCOc1cccc(Nc2nc(N)c3ncn(-c4cccc(NS(C)(=O)=O)c4)c3n2)c1. The lowest BCUT2D eigenvalue weighted by molar-refractivity contribution is 0.146. The monoisotopic (exact) mass is 469 g/mol. The van der Waals surface area contributed by atoms with Gasteiger partial charge in [0.05, 0.1) is 24.2 Å². The number of benzene rings is 2. The molecule has 33 heavy (non-hydrogen) atoms. The van der Waals surface area contributed by atoms with Crippen LogP contribution in [0.2, 0.25) is 0 Å². The Bertz CT molecular complexity index is 1390. The van der Waals surface area contributed by atoms with Crippen molar-refractivity contribution in [1.29, 1.82) is 0 Å². The summed E-state index contributed by atoms with van der Waals surface area (Å²) in [6.07, 6.45) is 2.65. The van der Waals surface area contributed by atoms with Gasteiger partial charge < -0.3 is 20.5 Å². The van der Waals surface area contributed by atoms with Gasteiger partial charge >= 0.3 is 0 Å². The number of nitrogens with two attached hydrogens (primary N) is 1. The Morgan fingerprint density at radius 3 is 2.64 bits per heavy atom. The summed E-state index contributed by atoms with van der Waals surface area (Å²) >= 11 is 0. The number of anilines is 4. The number of rotatable bonds is 9. The molecule has 0 aliphatic carbocycles. The van der Waals surface area contributed by atoms with Crippen molar-refractivity contribution in [3.63, 3.8) is 0 Å². The molecule has 4 aromatic rings. The van der Waals surface area contributed by atoms with Crippen LogP contribution in [-0.4, -0.2) is 54.5 Å². The van der Waals surface area contributed by atoms with Gasteiger partial charge in [0.2, 0.25) is 16.0 Å². The fraction of sp³-hybridized carbons (Fsp3) is 0.190. The van der Waals surface area contributed by atoms with Crippen LogP contribution in [-0.2, 0) is 14.8 Å². The minimum atomic E-state index is -3.41. The third-order valence-electron chi connectivity index (χ3n) is 4.50. The maximum Gasteiger partial charge on any atom is 0.231 e. The van der Waals surface area contributed by atoms with Gasteiger partial charge in [-0.25, -0.2) is 13.4 Å². The molecule has 2 heterocycles. The smallest absolute Gasteiger partial charge is 0.231 e. The Balaban J connectivity index is 1.65. The number of fused-ring (bicyclic) bond motifs is 1. The number of methoxy groups -OCH3 is 1. The molecular weight excluding hydrogens is 446 g/mol. The molecule has 0 atom stereocenters. The van der Waals surface area contributed by atoms with Crippen LogP contribution in [0.1, 0.15) is 0 Å². The molecule has 0 amide bonds. The summed E-state index contributed by atoms with van der Waals surface area (Å²) in [6.45, 7) is 0.917. The number of hydrogen-bond acceptors (Lipinski definition) is 9. The van der Waals surface area contributed by atoms with Crippen LogP contribution in [0.25, 0.3) is 16.9 Å². The molecule has 4 N–H and O–H groups in total. The summed E-state index contributed by atoms with van der Waals surface area (Å²) < 4.78 is 38.0. The third kappa shape index (κ3) is 5.48. The lowest BCUT2D eigenvalue weighted by Crippen LogP contribution is -2.09. The number of ether oxygens (including phenoxy) is 2. The zero-order valence-corrected chi connectivity index (χ0v) is 18.8. The largest absolute Gasteiger partial charge is 0.491 e. The Labute approximate surface area is 190 Å². The first-order valence-corrected chi connectivity index (χ1v) is 11.8. The van der Waals surface area contributed by atoms with Crippen molar-refractivity contribution < 1.29 is 17.9 Å². The maximum absolute atomic E-state index is 11.6. The molecule has 0 unspecified atom stereocenters. The second kappa shape index (κ2) is 9.30. The van der Waals surface area contributed by atoms with E-state index in [0.717, 1.165) is 6.26 Å². The van der Waals surface area contributed by atoms with E-state index < -0.39 is 10.0 Å². The number of nitrogens with one attached hydrogen (secondary N) is 2. The Morgan fingerprint density at radius 2 is 1.85 bits per heavy atom. The zero-order chi connectivity index (χ0) is 23.4. The molecule has 0 bridgehead atoms. The fourth-order valence-electron chi connectivity index (χ4n) is 3.14. The van der Waals surface area contributed by atoms with E-state index in [-0.39, 0.29) is 11.8 Å². The molecule has 0 radical (unpaired) electrons. The fourth-order valence-corrected chi connectivity index (χ4v) is 3.69. The van der Waals surface area contributed by atoms with E-state index in [1.165, 1.54) is 0 Å². The predicted molar refractivity (Wildman–Crippen MR) is 127 cm³/mol. The topological polar surface area (TPSA) is 146 Å². The highest BCUT2D eigenvalue weighted by Gasteiger charge is 2.14. The summed E-state index contributed by atoms with van der Waals surface area (Å²) in [5.74, 6) is 1.16. The molecule has 172 valence electrons. The highest BCUT2D eigenvalue weighted by Crippen LogP contribution is 2.25. The minimum absolute atomic E-state index is 0.208. The standard InChI is InChI=1S/C21H23N7O4S/c1-31-9-10-32-17-8-4-5-14(12-17)24-21-25-19(22)18-20(26-21)28(13-23-18)16-7-3-6-15(11-16)27-33(2,29)30/h3-8,11-13,27H,9-10H2,1-2H3,(H3,22,24,25,26). The van der Waals surface area contributed by atoms with E-state index in [0.29, 0.717) is 47.2 Å².